The molecule has 0 unspecified atom stereocenters. The van der Waals surface area contributed by atoms with E-state index >= 15 is 0 Å². The van der Waals surface area contributed by atoms with Crippen molar-refractivity contribution in [3.05, 3.63) is 29.8 Å². The second-order valence-corrected chi connectivity index (χ2v) is 2.90. The number of benzene rings is 1. The summed E-state index contributed by atoms with van der Waals surface area (Å²) < 4.78 is 0. The Kier molecular flexibility index (Phi) is 2.68. The molecule has 0 saturated carbocycles. The van der Waals surface area contributed by atoms with Crippen LogP contribution in [0, 0.1) is 0 Å². The summed E-state index contributed by atoms with van der Waals surface area (Å²) in [5.74, 6) is 0.146. The number of aliphatic hydroxyl groups is 1. The molecule has 4 N–H and O–H groups in total. The van der Waals surface area contributed by atoms with Crippen molar-refractivity contribution in [3.63, 3.8) is 0 Å². The molecule has 0 amide bonds. The van der Waals surface area contributed by atoms with Crippen molar-refractivity contribution < 1.29 is 10.2 Å². The van der Waals surface area contributed by atoms with Gasteiger partial charge in [-0.05, 0) is 24.6 Å². The molecule has 0 aliphatic rings. The van der Waals surface area contributed by atoms with Gasteiger partial charge in [0.1, 0.15) is 5.75 Å². The second-order valence-electron chi connectivity index (χ2n) is 2.90. The SMILES string of the molecule is C[C@@H](N)[C@@H](O)c1cccc(O)c1. The Morgan fingerprint density at radius 3 is 2.58 bits per heavy atom. The molecule has 0 aliphatic carbocycles. The Morgan fingerprint density at radius 2 is 2.08 bits per heavy atom. The summed E-state index contributed by atoms with van der Waals surface area (Å²) in [7, 11) is 0. The molecule has 0 aliphatic heterocycles. The monoisotopic (exact) mass is 167 g/mol. The molecule has 3 nitrogen and oxygen atoms in total. The molecule has 0 spiro atoms. The van der Waals surface area contributed by atoms with Gasteiger partial charge in [-0.1, -0.05) is 12.1 Å². The molecule has 2 atom stereocenters. The molecule has 66 valence electrons. The number of phenols is 1. The largest absolute Gasteiger partial charge is 0.508 e. The van der Waals surface area contributed by atoms with E-state index in [-0.39, 0.29) is 11.8 Å². The summed E-state index contributed by atoms with van der Waals surface area (Å²) in [6, 6.07) is 6.14. The van der Waals surface area contributed by atoms with Crippen LogP contribution in [0.2, 0.25) is 0 Å². The van der Waals surface area contributed by atoms with Gasteiger partial charge in [0.05, 0.1) is 6.10 Å². The van der Waals surface area contributed by atoms with E-state index < -0.39 is 6.10 Å². The van der Waals surface area contributed by atoms with Crippen LogP contribution in [0.4, 0.5) is 0 Å². The summed E-state index contributed by atoms with van der Waals surface area (Å²) in [6.45, 7) is 1.72. The highest BCUT2D eigenvalue weighted by atomic mass is 16.3. The minimum absolute atomic E-state index is 0.146. The lowest BCUT2D eigenvalue weighted by Gasteiger charge is -2.14. The quantitative estimate of drug-likeness (QED) is 0.609. The van der Waals surface area contributed by atoms with Gasteiger partial charge in [0.25, 0.3) is 0 Å². The molecule has 1 aromatic rings. The summed E-state index contributed by atoms with van der Waals surface area (Å²) in [5.41, 5.74) is 6.13. The highest BCUT2D eigenvalue weighted by molar-refractivity contribution is 5.29. The van der Waals surface area contributed by atoms with Crippen LogP contribution in [0.3, 0.4) is 0 Å². The lowest BCUT2D eigenvalue weighted by molar-refractivity contribution is 0.153. The molecule has 1 rings (SSSR count). The standard InChI is InChI=1S/C9H13NO2/c1-6(10)9(12)7-3-2-4-8(11)5-7/h2-6,9,11-12H,10H2,1H3/t6-,9-/m1/s1. The fourth-order valence-corrected chi connectivity index (χ4v) is 1.01. The summed E-state index contributed by atoms with van der Waals surface area (Å²) >= 11 is 0. The minimum atomic E-state index is -0.711. The van der Waals surface area contributed by atoms with Crippen LogP contribution < -0.4 is 5.73 Å². The van der Waals surface area contributed by atoms with Crippen LogP contribution in [0.15, 0.2) is 24.3 Å². The van der Waals surface area contributed by atoms with Crippen molar-refractivity contribution >= 4 is 0 Å². The summed E-state index contributed by atoms with van der Waals surface area (Å²) in [5, 5.41) is 18.6. The zero-order chi connectivity index (χ0) is 9.14. The Morgan fingerprint density at radius 1 is 1.42 bits per heavy atom. The fourth-order valence-electron chi connectivity index (χ4n) is 1.01. The summed E-state index contributed by atoms with van der Waals surface area (Å²) in [4.78, 5) is 0. The molecule has 12 heavy (non-hydrogen) atoms. The number of nitrogens with two attached hydrogens (primary N) is 1. The van der Waals surface area contributed by atoms with E-state index in [1.165, 1.54) is 6.07 Å². The third-order valence-electron chi connectivity index (χ3n) is 1.71. The Balaban J connectivity index is 2.88. The number of rotatable bonds is 2. The zero-order valence-corrected chi connectivity index (χ0v) is 6.94. The van der Waals surface area contributed by atoms with E-state index in [4.69, 9.17) is 10.8 Å². The predicted octanol–water partition coefficient (Wildman–Crippen LogP) is 0.773. The van der Waals surface area contributed by atoms with E-state index in [1.54, 1.807) is 25.1 Å². The van der Waals surface area contributed by atoms with Crippen molar-refractivity contribution in [3.8, 4) is 5.75 Å². The van der Waals surface area contributed by atoms with Gasteiger partial charge in [0, 0.05) is 6.04 Å². The van der Waals surface area contributed by atoms with E-state index in [1.807, 2.05) is 0 Å². The van der Waals surface area contributed by atoms with E-state index in [9.17, 15) is 5.11 Å². The van der Waals surface area contributed by atoms with Gasteiger partial charge in [-0.3, -0.25) is 0 Å². The van der Waals surface area contributed by atoms with Crippen LogP contribution in [-0.2, 0) is 0 Å². The average molecular weight is 167 g/mol. The fraction of sp³-hybridized carbons (Fsp3) is 0.333. The lowest BCUT2D eigenvalue weighted by Crippen LogP contribution is -2.24. The third-order valence-corrected chi connectivity index (χ3v) is 1.71. The van der Waals surface area contributed by atoms with Gasteiger partial charge >= 0.3 is 0 Å². The molecule has 3 heteroatoms. The molecule has 0 fully saturated rings. The smallest absolute Gasteiger partial charge is 0.115 e. The van der Waals surface area contributed by atoms with Crippen LogP contribution in [-0.4, -0.2) is 16.3 Å². The minimum Gasteiger partial charge on any atom is -0.508 e. The lowest BCUT2D eigenvalue weighted by atomic mass is 10.0. The van der Waals surface area contributed by atoms with Crippen molar-refractivity contribution in [2.75, 3.05) is 0 Å². The van der Waals surface area contributed by atoms with Crippen LogP contribution in [0.5, 0.6) is 5.75 Å². The molecular weight excluding hydrogens is 154 g/mol. The van der Waals surface area contributed by atoms with Gasteiger partial charge in [-0.2, -0.15) is 0 Å². The molecule has 0 bridgehead atoms. The first-order valence-corrected chi connectivity index (χ1v) is 3.84. The van der Waals surface area contributed by atoms with Crippen molar-refractivity contribution in [2.24, 2.45) is 5.73 Å². The first-order chi connectivity index (χ1) is 5.61. The van der Waals surface area contributed by atoms with Crippen molar-refractivity contribution in [1.82, 2.24) is 0 Å². The number of aliphatic hydroxyl groups excluding tert-OH is 1. The van der Waals surface area contributed by atoms with E-state index in [2.05, 4.69) is 0 Å². The molecule has 0 radical (unpaired) electrons. The van der Waals surface area contributed by atoms with Crippen molar-refractivity contribution in [1.29, 1.82) is 0 Å². The number of phenolic OH excluding ortho intramolecular Hbond substituents is 1. The molecule has 0 saturated heterocycles. The average Bonchev–Trinajstić information content (AvgIpc) is 2.03. The molecular formula is C9H13NO2. The zero-order valence-electron chi connectivity index (χ0n) is 6.94. The van der Waals surface area contributed by atoms with E-state index in [0.717, 1.165) is 0 Å². The number of hydrogen-bond donors (Lipinski definition) is 3. The predicted molar refractivity (Wildman–Crippen MR) is 46.7 cm³/mol. The third kappa shape index (κ3) is 1.96. The molecule has 1 aromatic carbocycles. The Bertz CT molecular complexity index is 260. The maximum Gasteiger partial charge on any atom is 0.115 e. The second kappa shape index (κ2) is 3.56. The van der Waals surface area contributed by atoms with Crippen molar-refractivity contribution in [2.45, 2.75) is 19.1 Å². The number of aromatic hydroxyl groups is 1. The van der Waals surface area contributed by atoms with Gasteiger partial charge in [-0.15, -0.1) is 0 Å². The van der Waals surface area contributed by atoms with Gasteiger partial charge in [0.15, 0.2) is 0 Å². The molecule has 0 aromatic heterocycles. The highest BCUT2D eigenvalue weighted by Gasteiger charge is 2.11. The number of hydrogen-bond acceptors (Lipinski definition) is 3. The first kappa shape index (κ1) is 9.03. The van der Waals surface area contributed by atoms with Crippen LogP contribution in [0.1, 0.15) is 18.6 Å². The van der Waals surface area contributed by atoms with E-state index in [0.29, 0.717) is 5.56 Å². The Labute approximate surface area is 71.5 Å². The van der Waals surface area contributed by atoms with Crippen LogP contribution >= 0.6 is 0 Å². The molecule has 0 heterocycles. The maximum atomic E-state index is 9.49. The normalized spacial score (nSPS) is 15.6. The topological polar surface area (TPSA) is 66.5 Å². The van der Waals surface area contributed by atoms with Gasteiger partial charge in [0.2, 0.25) is 0 Å². The Hall–Kier alpha value is -1.06. The highest BCUT2D eigenvalue weighted by Crippen LogP contribution is 2.19. The first-order valence-electron chi connectivity index (χ1n) is 3.84. The van der Waals surface area contributed by atoms with Gasteiger partial charge in [-0.25, -0.2) is 0 Å². The maximum absolute atomic E-state index is 9.49. The summed E-state index contributed by atoms with van der Waals surface area (Å²) in [6.07, 6.45) is -0.711. The van der Waals surface area contributed by atoms with Crippen LogP contribution in [0.25, 0.3) is 0 Å². The van der Waals surface area contributed by atoms with Gasteiger partial charge < -0.3 is 15.9 Å².